The van der Waals surface area contributed by atoms with Crippen LogP contribution in [-0.4, -0.2) is 105 Å². The molecule has 6 rings (SSSR count). The van der Waals surface area contributed by atoms with E-state index in [-0.39, 0.29) is 35.6 Å². The normalized spacial score (nSPS) is 17.7. The Morgan fingerprint density at radius 3 is 1.44 bits per heavy atom. The summed E-state index contributed by atoms with van der Waals surface area (Å²) < 4.78 is 49.1. The van der Waals surface area contributed by atoms with Gasteiger partial charge in [0.05, 0.1) is 50.7 Å². The average molecular weight is 953 g/mol. The molecule has 2 aromatic heterocycles. The van der Waals surface area contributed by atoms with Crippen molar-refractivity contribution in [3.05, 3.63) is 58.7 Å². The number of aromatic nitrogens is 4. The molecule has 2 aliphatic heterocycles. The summed E-state index contributed by atoms with van der Waals surface area (Å²) in [5.41, 5.74) is -2.94. The molecule has 0 spiro atoms. The number of hydrogen-bond acceptors (Lipinski definition) is 8. The van der Waals surface area contributed by atoms with Crippen molar-refractivity contribution in [3.63, 3.8) is 0 Å². The highest BCUT2D eigenvalue weighted by Gasteiger charge is 2.57. The summed E-state index contributed by atoms with van der Waals surface area (Å²) in [5, 5.41) is 20.1. The van der Waals surface area contributed by atoms with E-state index < -0.39 is 86.3 Å². The maximum absolute atomic E-state index is 16.9. The molecule has 2 atom stereocenters. The van der Waals surface area contributed by atoms with Crippen molar-refractivity contribution in [2.75, 3.05) is 26.3 Å². The summed E-state index contributed by atoms with van der Waals surface area (Å²) in [6.45, 7) is 25.9. The van der Waals surface area contributed by atoms with Crippen LogP contribution in [0.3, 0.4) is 0 Å². The van der Waals surface area contributed by atoms with Gasteiger partial charge in [0.2, 0.25) is 0 Å². The Balaban J connectivity index is 1.42. The van der Waals surface area contributed by atoms with Gasteiger partial charge in [-0.2, -0.15) is 0 Å². The lowest BCUT2D eigenvalue weighted by atomic mass is 9.49. The number of rotatable bonds is 17. The van der Waals surface area contributed by atoms with E-state index in [1.807, 2.05) is 41.5 Å². The molecule has 2 aliphatic rings. The molecule has 14 nitrogen and oxygen atoms in total. The first-order chi connectivity index (χ1) is 30.6. The fourth-order valence-electron chi connectivity index (χ4n) is 10.1. The van der Waals surface area contributed by atoms with Crippen LogP contribution in [0.2, 0.25) is 51.4 Å². The van der Waals surface area contributed by atoms with Crippen molar-refractivity contribution in [1.29, 1.82) is 0 Å². The molecule has 2 aromatic carbocycles. The van der Waals surface area contributed by atoms with Crippen LogP contribution in [0.5, 0.6) is 0 Å². The Morgan fingerprint density at radius 1 is 0.667 bits per heavy atom. The zero-order valence-corrected chi connectivity index (χ0v) is 42.9. The smallest absolute Gasteiger partial charge is 0.407 e. The summed E-state index contributed by atoms with van der Waals surface area (Å²) in [7, 11) is -2.90. The predicted octanol–water partition coefficient (Wildman–Crippen LogP) is 11.5. The van der Waals surface area contributed by atoms with Crippen molar-refractivity contribution in [3.8, 4) is 0 Å². The summed E-state index contributed by atoms with van der Waals surface area (Å²) in [6, 6.07) is 5.79. The minimum absolute atomic E-state index is 0.00909. The van der Waals surface area contributed by atoms with Gasteiger partial charge in [-0.15, -0.1) is 0 Å². The van der Waals surface area contributed by atoms with Gasteiger partial charge in [-0.25, -0.2) is 28.3 Å². The fraction of sp³-hybridized carbons (Fsp3) is 0.625. The fourth-order valence-corrected chi connectivity index (χ4v) is 11.6. The number of carboxylic acid groups (broad SMARTS) is 2. The van der Waals surface area contributed by atoms with Crippen molar-refractivity contribution in [2.24, 2.45) is 16.2 Å². The highest BCUT2D eigenvalue weighted by Crippen LogP contribution is 2.57. The van der Waals surface area contributed by atoms with E-state index in [4.69, 9.17) is 19.4 Å². The molecular weight excluding hydrogens is 883 g/mol. The first-order valence-electron chi connectivity index (χ1n) is 23.2. The van der Waals surface area contributed by atoms with Gasteiger partial charge in [0.25, 0.3) is 0 Å². The van der Waals surface area contributed by atoms with Gasteiger partial charge in [0, 0.05) is 61.0 Å². The van der Waals surface area contributed by atoms with E-state index in [0.717, 1.165) is 12.1 Å². The molecule has 2 amide bonds. The minimum Gasteiger partial charge on any atom is -0.465 e. The number of imidazole rings is 2. The van der Waals surface area contributed by atoms with Gasteiger partial charge >= 0.3 is 12.2 Å². The second kappa shape index (κ2) is 18.9. The summed E-state index contributed by atoms with van der Waals surface area (Å²) >= 11 is 0. The number of likely N-dealkylation sites (tertiary alicyclic amines) is 2. The molecule has 0 bridgehead atoms. The highest BCUT2D eigenvalue weighted by molar-refractivity contribution is 6.76. The molecule has 66 heavy (non-hydrogen) atoms. The van der Waals surface area contributed by atoms with Gasteiger partial charge in [0.1, 0.15) is 36.7 Å². The van der Waals surface area contributed by atoms with Crippen LogP contribution in [0.15, 0.2) is 24.3 Å². The van der Waals surface area contributed by atoms with E-state index in [1.54, 1.807) is 9.13 Å². The minimum atomic E-state index is -1.62. The second-order valence-corrected chi connectivity index (χ2v) is 34.0. The van der Waals surface area contributed by atoms with Crippen LogP contribution < -0.4 is 0 Å². The standard InChI is InChI=1S/C48H70F2N6O8Si2/c1-46(2,3)48(47(4,5)6,41(58)31-24-35-39(26-33(31)50)56(29-64-20-22-66(10,11)12)43(52-35)37-16-14-18-54(37)45(61)62)27-40(57)30-23-34-38(25-32(30)49)55(28-63-19-21-65(7,8)9)42(51-34)36-15-13-17-53(36)44(59)60/h23-26,36-37H,13-22,27-29H2,1-12H3,(H,59,60)(H,61,62)/t36-,37-/m0/s1. The lowest BCUT2D eigenvalue weighted by molar-refractivity contribution is -0.0141. The molecule has 2 saturated heterocycles. The quantitative estimate of drug-likeness (QED) is 0.0590. The molecule has 2 fully saturated rings. The lowest BCUT2D eigenvalue weighted by Gasteiger charge is -2.52. The number of amides is 2. The third kappa shape index (κ3) is 10.3. The Hall–Kier alpha value is -4.53. The average Bonchev–Trinajstić information content (AvgIpc) is 4.00. The van der Waals surface area contributed by atoms with Crippen molar-refractivity contribution < 1.29 is 47.6 Å². The molecule has 0 unspecified atom stereocenters. The number of nitrogens with zero attached hydrogens (tertiary/aromatic N) is 6. The third-order valence-electron chi connectivity index (χ3n) is 13.7. The summed E-state index contributed by atoms with van der Waals surface area (Å²) in [4.78, 5) is 67.2. The van der Waals surface area contributed by atoms with E-state index in [0.29, 0.717) is 74.7 Å². The van der Waals surface area contributed by atoms with Crippen molar-refractivity contribution in [1.82, 2.24) is 28.9 Å². The topological polar surface area (TPSA) is 169 Å². The summed E-state index contributed by atoms with van der Waals surface area (Å²) in [6.07, 6.45) is -0.398. The molecule has 4 heterocycles. The van der Waals surface area contributed by atoms with Crippen LogP contribution in [0, 0.1) is 27.9 Å². The zero-order chi connectivity index (χ0) is 48.9. The molecule has 362 valence electrons. The van der Waals surface area contributed by atoms with Gasteiger partial charge in [-0.05, 0) is 60.7 Å². The number of ether oxygens (including phenoxy) is 2. The molecule has 0 aliphatic carbocycles. The Labute approximate surface area is 389 Å². The van der Waals surface area contributed by atoms with Crippen LogP contribution in [0.4, 0.5) is 18.4 Å². The van der Waals surface area contributed by atoms with Crippen molar-refractivity contribution >= 4 is 62.0 Å². The third-order valence-corrected chi connectivity index (χ3v) is 17.1. The van der Waals surface area contributed by atoms with E-state index in [1.165, 1.54) is 34.1 Å². The van der Waals surface area contributed by atoms with Crippen LogP contribution in [-0.2, 0) is 22.9 Å². The monoisotopic (exact) mass is 952 g/mol. The number of carbonyl (C=O) groups is 4. The highest BCUT2D eigenvalue weighted by atomic mass is 28.3. The Morgan fingerprint density at radius 2 is 1.06 bits per heavy atom. The van der Waals surface area contributed by atoms with Gasteiger partial charge in [-0.1, -0.05) is 80.8 Å². The Bertz CT molecular complexity index is 2480. The number of fused-ring (bicyclic) bond motifs is 2. The second-order valence-electron chi connectivity index (χ2n) is 22.7. The lowest BCUT2D eigenvalue weighted by Crippen LogP contribution is -2.53. The Kier molecular flexibility index (Phi) is 14.5. The first kappa shape index (κ1) is 50.9. The number of carbonyl (C=O) groups excluding carboxylic acids is 2. The van der Waals surface area contributed by atoms with Gasteiger partial charge < -0.3 is 28.8 Å². The number of halogens is 2. The van der Waals surface area contributed by atoms with E-state index in [9.17, 15) is 24.6 Å². The van der Waals surface area contributed by atoms with Crippen molar-refractivity contribution in [2.45, 2.75) is 151 Å². The molecule has 0 radical (unpaired) electrons. The van der Waals surface area contributed by atoms with Gasteiger partial charge in [0.15, 0.2) is 11.6 Å². The number of Topliss-reactive ketones (excluding diaryl/α,β-unsaturated/α-hetero) is 2. The number of benzene rings is 2. The van der Waals surface area contributed by atoms with Gasteiger partial charge in [-0.3, -0.25) is 19.4 Å². The molecule has 0 saturated carbocycles. The van der Waals surface area contributed by atoms with E-state index in [2.05, 4.69) is 39.3 Å². The number of hydrogen-bond donors (Lipinski definition) is 2. The molecule has 18 heteroatoms. The summed E-state index contributed by atoms with van der Waals surface area (Å²) in [5.74, 6) is -2.21. The molecular formula is C48H70F2N6O8Si2. The molecule has 2 N–H and O–H groups in total. The molecule has 4 aromatic rings. The van der Waals surface area contributed by atoms with Crippen LogP contribution >= 0.6 is 0 Å². The maximum Gasteiger partial charge on any atom is 0.407 e. The number of ketones is 2. The SMILES string of the molecule is CC(C)(C)C(CC(=O)c1cc2nc([C@@H]3CCCN3C(=O)O)n(COCC[Si](C)(C)C)c2cc1F)(C(=O)c1cc2nc([C@@H]3CCCN3C(=O)O)n(COCC[Si](C)(C)C)c2cc1F)C(C)(C)C. The zero-order valence-electron chi connectivity index (χ0n) is 40.9. The van der Waals surface area contributed by atoms with Crippen LogP contribution in [0.1, 0.15) is 118 Å². The maximum atomic E-state index is 16.9. The van der Waals surface area contributed by atoms with E-state index >= 15 is 13.6 Å². The first-order valence-corrected chi connectivity index (χ1v) is 30.6. The predicted molar refractivity (Wildman–Crippen MR) is 256 cm³/mol. The largest absolute Gasteiger partial charge is 0.465 e. The van der Waals surface area contributed by atoms with Crippen LogP contribution in [0.25, 0.3) is 22.1 Å².